The van der Waals surface area contributed by atoms with Gasteiger partial charge in [-0.1, -0.05) is 30.3 Å². The van der Waals surface area contributed by atoms with Gasteiger partial charge in [0.2, 0.25) is 5.91 Å². The third kappa shape index (κ3) is 3.46. The number of amides is 1. The highest BCUT2D eigenvalue weighted by molar-refractivity contribution is 5.98. The van der Waals surface area contributed by atoms with Gasteiger partial charge in [0.15, 0.2) is 0 Å². The van der Waals surface area contributed by atoms with Gasteiger partial charge in [-0.3, -0.25) is 9.69 Å². The van der Waals surface area contributed by atoms with E-state index in [9.17, 15) is 4.79 Å². The van der Waals surface area contributed by atoms with Crippen LogP contribution in [0.25, 0.3) is 10.9 Å². The molecule has 2 N–H and O–H groups in total. The highest BCUT2D eigenvalue weighted by atomic mass is 16.2. The lowest BCUT2D eigenvalue weighted by molar-refractivity contribution is -0.120. The molecule has 0 spiro atoms. The van der Waals surface area contributed by atoms with E-state index in [-0.39, 0.29) is 12.0 Å². The van der Waals surface area contributed by atoms with Gasteiger partial charge in [0.05, 0.1) is 0 Å². The van der Waals surface area contributed by atoms with Crippen LogP contribution in [0.15, 0.2) is 54.7 Å². The Bertz CT molecular complexity index is 1100. The van der Waals surface area contributed by atoms with Gasteiger partial charge in [0.1, 0.15) is 0 Å². The predicted molar refractivity (Wildman–Crippen MR) is 124 cm³/mol. The minimum Gasteiger partial charge on any atom is -0.361 e. The molecule has 3 heterocycles. The first-order valence-corrected chi connectivity index (χ1v) is 11.7. The number of aryl methyl sites for hydroxylation is 1. The molecule has 2 aromatic carbocycles. The molecule has 6 rings (SSSR count). The fourth-order valence-corrected chi connectivity index (χ4v) is 5.55. The molecule has 3 aromatic rings. The van der Waals surface area contributed by atoms with Crippen molar-refractivity contribution in [2.75, 3.05) is 31.1 Å². The number of nitrogens with zero attached hydrogens (tertiary/aromatic N) is 2. The minimum absolute atomic E-state index is 0.237. The lowest BCUT2D eigenvalue weighted by Gasteiger charge is -2.44. The fraction of sp³-hybridized carbons (Fsp3) is 0.423. The molecule has 5 heteroatoms. The Morgan fingerprint density at radius 3 is 2.84 bits per heavy atom. The van der Waals surface area contributed by atoms with Crippen molar-refractivity contribution in [2.45, 2.75) is 37.8 Å². The lowest BCUT2D eigenvalue weighted by atomic mass is 9.93. The highest BCUT2D eigenvalue weighted by Gasteiger charge is 2.40. The van der Waals surface area contributed by atoms with Crippen molar-refractivity contribution in [1.29, 1.82) is 0 Å². The van der Waals surface area contributed by atoms with Crippen LogP contribution in [0.3, 0.4) is 0 Å². The number of H-pyrrole nitrogens is 1. The zero-order chi connectivity index (χ0) is 20.8. The Balaban J connectivity index is 1.32. The lowest BCUT2D eigenvalue weighted by Crippen LogP contribution is -2.54. The van der Waals surface area contributed by atoms with Gasteiger partial charge >= 0.3 is 0 Å². The summed E-state index contributed by atoms with van der Waals surface area (Å²) < 4.78 is 0. The van der Waals surface area contributed by atoms with Crippen LogP contribution >= 0.6 is 0 Å². The molecule has 2 aliphatic heterocycles. The van der Waals surface area contributed by atoms with Crippen LogP contribution < -0.4 is 10.2 Å². The normalized spacial score (nSPS) is 24.3. The number of carbonyl (C=O) groups excluding carboxylic acids is 1. The molecule has 0 radical (unpaired) electrons. The molecule has 2 unspecified atom stereocenters. The molecule has 1 saturated carbocycles. The van der Waals surface area contributed by atoms with Gasteiger partial charge in [0.25, 0.3) is 0 Å². The van der Waals surface area contributed by atoms with Gasteiger partial charge in [-0.2, -0.15) is 0 Å². The van der Waals surface area contributed by atoms with Crippen molar-refractivity contribution in [3.05, 3.63) is 65.9 Å². The van der Waals surface area contributed by atoms with Crippen LogP contribution in [0.2, 0.25) is 0 Å². The Morgan fingerprint density at radius 1 is 1.03 bits per heavy atom. The second-order valence-corrected chi connectivity index (χ2v) is 9.30. The number of fused-ring (bicyclic) bond motifs is 2. The second kappa shape index (κ2) is 7.81. The Kier molecular flexibility index (Phi) is 4.81. The number of nitrogens with one attached hydrogen (secondary N) is 2. The monoisotopic (exact) mass is 414 g/mol. The summed E-state index contributed by atoms with van der Waals surface area (Å²) in [5, 5.41) is 4.91. The quantitative estimate of drug-likeness (QED) is 0.681. The molecule has 2 atom stereocenters. The first-order chi connectivity index (χ1) is 15.3. The van der Waals surface area contributed by atoms with Gasteiger partial charge in [-0.05, 0) is 55.0 Å². The van der Waals surface area contributed by atoms with Crippen molar-refractivity contribution in [3.63, 3.8) is 0 Å². The number of aromatic amines is 1. The standard InChI is InChI=1S/C26H30N4O/c31-26(19-8-9-19)30-20(11-10-18-4-1-2-7-24(18)30)17-29-15-14-27-16-25(29)22-5-3-6-23-21(22)12-13-28-23/h1-7,12-13,19-20,25,27-28H,8-11,14-17H2. The number of aromatic nitrogens is 1. The molecular formula is C26H30N4O. The maximum absolute atomic E-state index is 13.4. The molecule has 1 aromatic heterocycles. The van der Waals surface area contributed by atoms with Gasteiger partial charge in [-0.15, -0.1) is 0 Å². The predicted octanol–water partition coefficient (Wildman–Crippen LogP) is 3.87. The highest BCUT2D eigenvalue weighted by Crippen LogP contribution is 2.39. The molecule has 31 heavy (non-hydrogen) atoms. The van der Waals surface area contributed by atoms with Crippen LogP contribution in [-0.2, 0) is 11.2 Å². The fourth-order valence-electron chi connectivity index (χ4n) is 5.55. The maximum atomic E-state index is 13.4. The Hall–Kier alpha value is -2.63. The smallest absolute Gasteiger partial charge is 0.230 e. The largest absolute Gasteiger partial charge is 0.361 e. The number of hydrogen-bond acceptors (Lipinski definition) is 3. The summed E-state index contributed by atoms with van der Waals surface area (Å²) in [6.07, 6.45) is 6.23. The summed E-state index contributed by atoms with van der Waals surface area (Å²) in [7, 11) is 0. The van der Waals surface area contributed by atoms with Crippen molar-refractivity contribution in [3.8, 4) is 0 Å². The summed E-state index contributed by atoms with van der Waals surface area (Å²) in [6.45, 7) is 3.89. The molecule has 1 saturated heterocycles. The number of para-hydroxylation sites is 1. The van der Waals surface area contributed by atoms with Crippen molar-refractivity contribution in [1.82, 2.24) is 15.2 Å². The third-order valence-electron chi connectivity index (χ3n) is 7.31. The van der Waals surface area contributed by atoms with Crippen LogP contribution in [0, 0.1) is 5.92 Å². The van der Waals surface area contributed by atoms with Crippen LogP contribution in [0.5, 0.6) is 0 Å². The number of hydrogen-bond donors (Lipinski definition) is 2. The van der Waals surface area contributed by atoms with E-state index >= 15 is 0 Å². The molecule has 5 nitrogen and oxygen atoms in total. The maximum Gasteiger partial charge on any atom is 0.230 e. The summed E-state index contributed by atoms with van der Waals surface area (Å²) in [5.41, 5.74) is 5.04. The third-order valence-corrected chi connectivity index (χ3v) is 7.31. The number of benzene rings is 2. The summed E-state index contributed by atoms with van der Waals surface area (Å²) in [4.78, 5) is 21.5. The van der Waals surface area contributed by atoms with Gasteiger partial charge in [0, 0.05) is 67.0 Å². The van der Waals surface area contributed by atoms with E-state index in [0.717, 1.165) is 57.5 Å². The van der Waals surface area contributed by atoms with E-state index in [1.807, 2.05) is 6.20 Å². The first kappa shape index (κ1) is 19.1. The van der Waals surface area contributed by atoms with Crippen molar-refractivity contribution in [2.24, 2.45) is 5.92 Å². The summed E-state index contributed by atoms with van der Waals surface area (Å²) in [5.74, 6) is 0.581. The summed E-state index contributed by atoms with van der Waals surface area (Å²) >= 11 is 0. The number of rotatable bonds is 4. The molecule has 160 valence electrons. The molecule has 1 aliphatic carbocycles. The van der Waals surface area contributed by atoms with E-state index in [2.05, 4.69) is 68.6 Å². The first-order valence-electron chi connectivity index (χ1n) is 11.7. The number of anilines is 1. The summed E-state index contributed by atoms with van der Waals surface area (Å²) in [6, 6.07) is 17.8. The van der Waals surface area contributed by atoms with E-state index < -0.39 is 0 Å². The van der Waals surface area contributed by atoms with Crippen LogP contribution in [-0.4, -0.2) is 48.0 Å². The molecular weight excluding hydrogens is 384 g/mol. The van der Waals surface area contributed by atoms with E-state index in [1.54, 1.807) is 0 Å². The zero-order valence-electron chi connectivity index (χ0n) is 17.9. The van der Waals surface area contributed by atoms with E-state index in [4.69, 9.17) is 0 Å². The molecule has 0 bridgehead atoms. The number of piperazine rings is 1. The molecule has 1 amide bonds. The second-order valence-electron chi connectivity index (χ2n) is 9.30. The van der Waals surface area contributed by atoms with Crippen LogP contribution in [0.4, 0.5) is 5.69 Å². The average Bonchev–Trinajstić information content (AvgIpc) is 3.55. The average molecular weight is 415 g/mol. The van der Waals surface area contributed by atoms with Crippen molar-refractivity contribution < 1.29 is 4.79 Å². The number of carbonyl (C=O) groups is 1. The SMILES string of the molecule is O=C(C1CC1)N1c2ccccc2CCC1CN1CCNCC1c1cccc2[nH]ccc12. The molecule has 2 fully saturated rings. The van der Waals surface area contributed by atoms with E-state index in [1.165, 1.54) is 22.0 Å². The van der Waals surface area contributed by atoms with Gasteiger partial charge < -0.3 is 15.2 Å². The topological polar surface area (TPSA) is 51.4 Å². The Morgan fingerprint density at radius 2 is 1.94 bits per heavy atom. The van der Waals surface area contributed by atoms with E-state index in [0.29, 0.717) is 11.9 Å². The molecule has 3 aliphatic rings. The minimum atomic E-state index is 0.237. The van der Waals surface area contributed by atoms with Crippen LogP contribution in [0.1, 0.15) is 36.4 Å². The zero-order valence-corrected chi connectivity index (χ0v) is 17.9. The van der Waals surface area contributed by atoms with Gasteiger partial charge in [-0.25, -0.2) is 0 Å². The van der Waals surface area contributed by atoms with Crippen molar-refractivity contribution >= 4 is 22.5 Å². The Labute approximate surface area is 183 Å².